The van der Waals surface area contributed by atoms with E-state index < -0.39 is 11.6 Å². The number of halogens is 1. The van der Waals surface area contributed by atoms with Crippen LogP contribution < -0.4 is 30.7 Å². The van der Waals surface area contributed by atoms with E-state index in [1.807, 2.05) is 56.3 Å². The quantitative estimate of drug-likeness (QED) is 0.269. The summed E-state index contributed by atoms with van der Waals surface area (Å²) in [6, 6.07) is 19.0. The third-order valence-corrected chi connectivity index (χ3v) is 7.78. The van der Waals surface area contributed by atoms with E-state index >= 15 is 0 Å². The third-order valence-electron chi connectivity index (χ3n) is 7.78. The van der Waals surface area contributed by atoms with Gasteiger partial charge < -0.3 is 30.7 Å². The van der Waals surface area contributed by atoms with Crippen molar-refractivity contribution in [1.82, 2.24) is 10.6 Å². The van der Waals surface area contributed by atoms with Crippen molar-refractivity contribution < 1.29 is 23.5 Å². The van der Waals surface area contributed by atoms with Crippen molar-refractivity contribution in [2.45, 2.75) is 58.0 Å². The fourth-order valence-corrected chi connectivity index (χ4v) is 5.58. The van der Waals surface area contributed by atoms with Crippen molar-refractivity contribution in [3.8, 4) is 11.5 Å². The molecule has 0 spiro atoms. The highest BCUT2D eigenvalue weighted by Crippen LogP contribution is 2.44. The van der Waals surface area contributed by atoms with E-state index in [-0.39, 0.29) is 29.7 Å². The maximum Gasteiger partial charge on any atom is 0.254 e. The lowest BCUT2D eigenvalue weighted by Crippen LogP contribution is -2.63. The minimum absolute atomic E-state index is 0.00827. The maximum absolute atomic E-state index is 13.5. The van der Waals surface area contributed by atoms with Gasteiger partial charge in [0, 0.05) is 29.5 Å². The summed E-state index contributed by atoms with van der Waals surface area (Å²) in [4.78, 5) is 26.0. The van der Waals surface area contributed by atoms with Crippen molar-refractivity contribution in [3.63, 3.8) is 0 Å². The van der Waals surface area contributed by atoms with Gasteiger partial charge >= 0.3 is 0 Å². The van der Waals surface area contributed by atoms with Gasteiger partial charge in [0.1, 0.15) is 23.9 Å². The van der Waals surface area contributed by atoms with Gasteiger partial charge in [0.25, 0.3) is 5.91 Å². The minimum Gasteiger partial charge on any atom is -0.497 e. The molecule has 1 fully saturated rings. The molecule has 1 aliphatic carbocycles. The Bertz CT molecular complexity index is 1370. The summed E-state index contributed by atoms with van der Waals surface area (Å²) in [5, 5.41) is 13.3. The number of carbonyl (C=O) groups excluding carboxylic acids is 2. The molecule has 0 saturated heterocycles. The molecule has 8 nitrogen and oxygen atoms in total. The van der Waals surface area contributed by atoms with E-state index in [1.165, 1.54) is 24.3 Å². The molecule has 3 aromatic rings. The monoisotopic (exact) mass is 560 g/mol. The third kappa shape index (κ3) is 6.56. The molecule has 1 unspecified atom stereocenters. The van der Waals surface area contributed by atoms with E-state index in [4.69, 9.17) is 9.47 Å². The Morgan fingerprint density at radius 3 is 2.24 bits per heavy atom. The second kappa shape index (κ2) is 12.1. The molecule has 9 heteroatoms. The van der Waals surface area contributed by atoms with Gasteiger partial charge in [-0.3, -0.25) is 9.59 Å². The van der Waals surface area contributed by atoms with Crippen LogP contribution in [0.3, 0.4) is 0 Å². The summed E-state index contributed by atoms with van der Waals surface area (Å²) >= 11 is 0. The number of amides is 2. The van der Waals surface area contributed by atoms with Crippen LogP contribution in [0.15, 0.2) is 66.7 Å². The zero-order valence-electron chi connectivity index (χ0n) is 23.6. The van der Waals surface area contributed by atoms with E-state index in [0.717, 1.165) is 35.5 Å². The van der Waals surface area contributed by atoms with Crippen LogP contribution in [0, 0.1) is 17.7 Å². The number of fused-ring (bicyclic) bond motifs is 1. The number of ether oxygens (including phenoxy) is 2. The molecule has 0 bridgehead atoms. The lowest BCUT2D eigenvalue weighted by atomic mass is 9.77. The summed E-state index contributed by atoms with van der Waals surface area (Å²) < 4.78 is 24.8. The Labute approximate surface area is 240 Å². The van der Waals surface area contributed by atoms with Gasteiger partial charge in [-0.25, -0.2) is 4.39 Å². The van der Waals surface area contributed by atoms with Gasteiger partial charge in [0.05, 0.1) is 18.5 Å². The molecule has 3 aromatic carbocycles. The molecule has 41 heavy (non-hydrogen) atoms. The fraction of sp³-hybridized carbons (Fsp3) is 0.375. The molecule has 4 N–H and O–H groups in total. The molecule has 2 amide bonds. The molecule has 1 heterocycles. The number of carbonyl (C=O) groups is 2. The Morgan fingerprint density at radius 1 is 0.927 bits per heavy atom. The normalized spacial score (nSPS) is 21.3. The van der Waals surface area contributed by atoms with Crippen molar-refractivity contribution in [2.24, 2.45) is 11.8 Å². The highest BCUT2D eigenvalue weighted by Gasteiger charge is 2.47. The van der Waals surface area contributed by atoms with E-state index in [2.05, 4.69) is 21.3 Å². The number of hydrogen-bond acceptors (Lipinski definition) is 6. The number of anilines is 2. The maximum atomic E-state index is 13.5. The largest absolute Gasteiger partial charge is 0.497 e. The van der Waals surface area contributed by atoms with E-state index in [1.54, 1.807) is 7.11 Å². The smallest absolute Gasteiger partial charge is 0.254 e. The fourth-order valence-electron chi connectivity index (χ4n) is 5.58. The predicted octanol–water partition coefficient (Wildman–Crippen LogP) is 5.67. The Balaban J connectivity index is 1.33. The van der Waals surface area contributed by atoms with Crippen LogP contribution in [-0.4, -0.2) is 30.8 Å². The van der Waals surface area contributed by atoms with Gasteiger partial charge in [-0.1, -0.05) is 12.1 Å². The molecular formula is C32H37FN4O4. The molecule has 5 rings (SSSR count). The van der Waals surface area contributed by atoms with Crippen molar-refractivity contribution in [3.05, 3.63) is 83.7 Å². The highest BCUT2D eigenvalue weighted by atomic mass is 19.1. The molecule has 0 radical (unpaired) electrons. The molecular weight excluding hydrogens is 523 g/mol. The second-order valence-electron chi connectivity index (χ2n) is 11.1. The molecule has 216 valence electrons. The summed E-state index contributed by atoms with van der Waals surface area (Å²) in [5.41, 5.74) is 3.01. The van der Waals surface area contributed by atoms with Crippen molar-refractivity contribution >= 4 is 23.2 Å². The first kappa shape index (κ1) is 28.3. The van der Waals surface area contributed by atoms with Crippen LogP contribution in [-0.2, 0) is 11.4 Å². The van der Waals surface area contributed by atoms with Gasteiger partial charge in [-0.15, -0.1) is 0 Å². The molecule has 1 saturated carbocycles. The van der Waals surface area contributed by atoms with Gasteiger partial charge in [0.15, 0.2) is 5.79 Å². The zero-order chi connectivity index (χ0) is 29.0. The number of rotatable bonds is 9. The summed E-state index contributed by atoms with van der Waals surface area (Å²) in [7, 11) is 1.63. The first-order valence-electron chi connectivity index (χ1n) is 14.1. The van der Waals surface area contributed by atoms with Gasteiger partial charge in [-0.05, 0) is 93.6 Å². The standard InChI is InChI=1S/C32H37FN4O4/c1-20(2)34-30(38)22-6-10-24(11-7-22)32(37-31(39)23-8-12-25(33)13-9-23)35-28-17-16-27(18-29(28)36-32)41-19-21-4-14-26(40-3)15-5-21/h4-5,8-9,12-18,20,22,24,35-36H,6-7,10-11,19H2,1-3H3,(H,34,38)(H,37,39). The Kier molecular flexibility index (Phi) is 8.33. The SMILES string of the molecule is COc1ccc(COc2ccc3c(c2)NC(NC(=O)c2ccc(F)cc2)(C2CCC(C(=O)NC(C)C)CC2)N3)cc1. The predicted molar refractivity (Wildman–Crippen MR) is 156 cm³/mol. The van der Waals surface area contributed by atoms with Crippen LogP contribution in [0.4, 0.5) is 15.8 Å². The number of methoxy groups -OCH3 is 1. The Morgan fingerprint density at radius 2 is 1.59 bits per heavy atom. The molecule has 1 atom stereocenters. The van der Waals surface area contributed by atoms with Crippen molar-refractivity contribution in [2.75, 3.05) is 17.7 Å². The highest BCUT2D eigenvalue weighted by molar-refractivity contribution is 5.96. The summed E-state index contributed by atoms with van der Waals surface area (Å²) in [6.07, 6.45) is 2.89. The van der Waals surface area contributed by atoms with Crippen LogP contribution in [0.25, 0.3) is 0 Å². The lowest BCUT2D eigenvalue weighted by Gasteiger charge is -2.42. The first-order chi connectivity index (χ1) is 19.7. The van der Waals surface area contributed by atoms with E-state index in [9.17, 15) is 14.0 Å². The number of benzene rings is 3. The van der Waals surface area contributed by atoms with Crippen LogP contribution in [0.2, 0.25) is 0 Å². The van der Waals surface area contributed by atoms with Crippen LogP contribution >= 0.6 is 0 Å². The summed E-state index contributed by atoms with van der Waals surface area (Å²) in [6.45, 7) is 4.31. The molecule has 2 aliphatic rings. The Hall–Kier alpha value is -4.27. The second-order valence-corrected chi connectivity index (χ2v) is 11.1. The average Bonchev–Trinajstić information content (AvgIpc) is 3.34. The molecule has 0 aromatic heterocycles. The summed E-state index contributed by atoms with van der Waals surface area (Å²) in [5.74, 6) is -0.223. The molecule has 1 aliphatic heterocycles. The van der Waals surface area contributed by atoms with Gasteiger partial charge in [-0.2, -0.15) is 0 Å². The minimum atomic E-state index is -0.984. The number of hydrogen-bond donors (Lipinski definition) is 4. The first-order valence-corrected chi connectivity index (χ1v) is 14.1. The average molecular weight is 561 g/mol. The zero-order valence-corrected chi connectivity index (χ0v) is 23.6. The van der Waals surface area contributed by atoms with E-state index in [0.29, 0.717) is 30.8 Å². The van der Waals surface area contributed by atoms with Gasteiger partial charge in [0.2, 0.25) is 5.91 Å². The van der Waals surface area contributed by atoms with Crippen LogP contribution in [0.1, 0.15) is 55.5 Å². The lowest BCUT2D eigenvalue weighted by molar-refractivity contribution is -0.126. The van der Waals surface area contributed by atoms with Crippen molar-refractivity contribution in [1.29, 1.82) is 0 Å². The topological polar surface area (TPSA) is 101 Å². The van der Waals surface area contributed by atoms with Crippen LogP contribution in [0.5, 0.6) is 11.5 Å². The number of nitrogens with one attached hydrogen (secondary N) is 4.